The van der Waals surface area contributed by atoms with Crippen LogP contribution in [0.3, 0.4) is 0 Å². The molecular formula is C8H11ClN2O3S. The van der Waals surface area contributed by atoms with Crippen LogP contribution in [0.2, 0.25) is 0 Å². The maximum absolute atomic E-state index is 11.4. The molecule has 0 aliphatic carbocycles. The van der Waals surface area contributed by atoms with Gasteiger partial charge in [-0.25, -0.2) is 8.42 Å². The maximum Gasteiger partial charge on any atom is 0.267 e. The van der Waals surface area contributed by atoms with E-state index in [1.807, 2.05) is 0 Å². The summed E-state index contributed by atoms with van der Waals surface area (Å²) in [6.07, 6.45) is 1.18. The minimum Gasteiger partial charge on any atom is -0.356 e. The molecule has 0 aromatic carbocycles. The van der Waals surface area contributed by atoms with Crippen LogP contribution in [0, 0.1) is 0 Å². The van der Waals surface area contributed by atoms with Gasteiger partial charge in [-0.05, 0) is 19.9 Å². The molecule has 1 heterocycles. The Hall–Kier alpha value is -1.01. The number of H-pyrrole nitrogens is 1. The number of aromatic amines is 1. The second-order valence-corrected chi connectivity index (χ2v) is 5.88. The average molecular weight is 251 g/mol. The molecule has 0 unspecified atom stereocenters. The molecule has 5 nitrogen and oxygen atoms in total. The molecule has 0 saturated heterocycles. The van der Waals surface area contributed by atoms with Crippen molar-refractivity contribution in [3.8, 4) is 0 Å². The Bertz CT molecular complexity index is 464. The van der Waals surface area contributed by atoms with Gasteiger partial charge < -0.3 is 10.3 Å². The first-order valence-electron chi connectivity index (χ1n) is 4.24. The zero-order valence-corrected chi connectivity index (χ0v) is 9.82. The number of hydrogen-bond donors (Lipinski definition) is 2. The van der Waals surface area contributed by atoms with Crippen LogP contribution in [0.5, 0.6) is 0 Å². The monoisotopic (exact) mass is 250 g/mol. The Kier molecular flexibility index (Phi) is 3.41. The fourth-order valence-electron chi connectivity index (χ4n) is 0.986. The first-order chi connectivity index (χ1) is 6.80. The van der Waals surface area contributed by atoms with Crippen LogP contribution in [0.15, 0.2) is 17.2 Å². The van der Waals surface area contributed by atoms with E-state index >= 15 is 0 Å². The summed E-state index contributed by atoms with van der Waals surface area (Å²) in [5.41, 5.74) is 0.169. The third kappa shape index (κ3) is 3.24. The lowest BCUT2D eigenvalue weighted by atomic mass is 10.3. The molecular weight excluding hydrogens is 240 g/mol. The lowest BCUT2D eigenvalue weighted by Crippen LogP contribution is -2.30. The molecule has 2 N–H and O–H groups in total. The molecule has 0 bridgehead atoms. The van der Waals surface area contributed by atoms with Crippen molar-refractivity contribution in [3.63, 3.8) is 0 Å². The minimum atomic E-state index is -3.78. The summed E-state index contributed by atoms with van der Waals surface area (Å²) in [5.74, 6) is -0.364. The Balaban J connectivity index is 2.90. The van der Waals surface area contributed by atoms with E-state index in [0.717, 1.165) is 0 Å². The van der Waals surface area contributed by atoms with E-state index in [-0.39, 0.29) is 22.5 Å². The highest BCUT2D eigenvalue weighted by Gasteiger charge is 2.16. The van der Waals surface area contributed by atoms with Crippen LogP contribution in [0.4, 0.5) is 0 Å². The van der Waals surface area contributed by atoms with Gasteiger partial charge in [-0.2, -0.15) is 0 Å². The van der Waals surface area contributed by atoms with Gasteiger partial charge in [0.1, 0.15) is 10.6 Å². The molecule has 1 aromatic heterocycles. The highest BCUT2D eigenvalue weighted by Crippen LogP contribution is 2.15. The molecule has 84 valence electrons. The van der Waals surface area contributed by atoms with E-state index in [4.69, 9.17) is 10.7 Å². The zero-order chi connectivity index (χ0) is 11.6. The van der Waals surface area contributed by atoms with Gasteiger partial charge in [-0.15, -0.1) is 0 Å². The number of halogens is 1. The molecule has 0 fully saturated rings. The van der Waals surface area contributed by atoms with Crippen LogP contribution < -0.4 is 5.32 Å². The molecule has 0 aliphatic rings. The summed E-state index contributed by atoms with van der Waals surface area (Å²) >= 11 is 0. The SMILES string of the molecule is CC(C)NC(=O)c1cc(S(=O)(=O)Cl)c[nH]1. The highest BCUT2D eigenvalue weighted by atomic mass is 35.7. The van der Waals surface area contributed by atoms with Gasteiger partial charge in [-0.1, -0.05) is 0 Å². The van der Waals surface area contributed by atoms with Crippen LogP contribution in [-0.2, 0) is 9.05 Å². The van der Waals surface area contributed by atoms with Crippen molar-refractivity contribution in [1.82, 2.24) is 10.3 Å². The van der Waals surface area contributed by atoms with Gasteiger partial charge in [-0.3, -0.25) is 4.79 Å². The van der Waals surface area contributed by atoms with Gasteiger partial charge >= 0.3 is 0 Å². The first kappa shape index (κ1) is 12.1. The van der Waals surface area contributed by atoms with Crippen LogP contribution in [0.25, 0.3) is 0 Å². The molecule has 1 amide bonds. The third-order valence-corrected chi connectivity index (χ3v) is 2.94. The number of carbonyl (C=O) groups is 1. The number of amides is 1. The van der Waals surface area contributed by atoms with Gasteiger partial charge in [0.15, 0.2) is 0 Å². The van der Waals surface area contributed by atoms with Crippen molar-refractivity contribution in [2.75, 3.05) is 0 Å². The second-order valence-electron chi connectivity index (χ2n) is 3.32. The summed E-state index contributed by atoms with van der Waals surface area (Å²) in [7, 11) is 1.32. The highest BCUT2D eigenvalue weighted by molar-refractivity contribution is 8.13. The van der Waals surface area contributed by atoms with Crippen molar-refractivity contribution < 1.29 is 13.2 Å². The second kappa shape index (κ2) is 4.24. The Morgan fingerprint density at radius 3 is 2.53 bits per heavy atom. The molecule has 0 atom stereocenters. The van der Waals surface area contributed by atoms with Crippen LogP contribution in [-0.4, -0.2) is 25.4 Å². The van der Waals surface area contributed by atoms with E-state index in [9.17, 15) is 13.2 Å². The minimum absolute atomic E-state index is 0.0168. The summed E-state index contributed by atoms with van der Waals surface area (Å²) in [4.78, 5) is 13.8. The number of aromatic nitrogens is 1. The number of nitrogens with one attached hydrogen (secondary N) is 2. The summed E-state index contributed by atoms with van der Waals surface area (Å²) in [5, 5.41) is 2.62. The predicted molar refractivity (Wildman–Crippen MR) is 56.4 cm³/mol. The molecule has 0 radical (unpaired) electrons. The number of rotatable bonds is 3. The largest absolute Gasteiger partial charge is 0.356 e. The van der Waals surface area contributed by atoms with E-state index in [0.29, 0.717) is 0 Å². The fourth-order valence-corrected chi connectivity index (χ4v) is 1.71. The van der Waals surface area contributed by atoms with Crippen molar-refractivity contribution >= 4 is 25.6 Å². The lowest BCUT2D eigenvalue weighted by Gasteiger charge is -2.05. The zero-order valence-electron chi connectivity index (χ0n) is 8.24. The summed E-state index contributed by atoms with van der Waals surface area (Å²) < 4.78 is 21.8. The van der Waals surface area contributed by atoms with Crippen molar-refractivity contribution in [3.05, 3.63) is 18.0 Å². The number of carbonyl (C=O) groups excluding carboxylic acids is 1. The molecule has 0 saturated carbocycles. The van der Waals surface area contributed by atoms with E-state index in [2.05, 4.69) is 10.3 Å². The Labute approximate surface area is 92.2 Å². The molecule has 7 heteroatoms. The fraction of sp³-hybridized carbons (Fsp3) is 0.375. The van der Waals surface area contributed by atoms with Crippen LogP contribution >= 0.6 is 10.7 Å². The van der Waals surface area contributed by atoms with E-state index < -0.39 is 9.05 Å². The summed E-state index contributed by atoms with van der Waals surface area (Å²) in [6, 6.07) is 1.18. The molecule has 0 aliphatic heterocycles. The molecule has 1 rings (SSSR count). The van der Waals surface area contributed by atoms with Gasteiger partial charge in [0.05, 0.1) is 0 Å². The maximum atomic E-state index is 11.4. The average Bonchev–Trinajstić information content (AvgIpc) is 2.48. The Morgan fingerprint density at radius 2 is 2.13 bits per heavy atom. The van der Waals surface area contributed by atoms with E-state index in [1.54, 1.807) is 13.8 Å². The van der Waals surface area contributed by atoms with Crippen LogP contribution in [0.1, 0.15) is 24.3 Å². The van der Waals surface area contributed by atoms with Crippen molar-refractivity contribution in [1.29, 1.82) is 0 Å². The van der Waals surface area contributed by atoms with Gasteiger partial charge in [0.2, 0.25) is 0 Å². The normalized spacial score (nSPS) is 11.7. The predicted octanol–water partition coefficient (Wildman–Crippen LogP) is 1.08. The van der Waals surface area contributed by atoms with Crippen molar-refractivity contribution in [2.45, 2.75) is 24.8 Å². The molecule has 0 spiro atoms. The summed E-state index contributed by atoms with van der Waals surface area (Å²) in [6.45, 7) is 3.61. The standard InChI is InChI=1S/C8H11ClN2O3S/c1-5(2)11-8(12)7-3-6(4-10-7)15(9,13)14/h3-5,10H,1-2H3,(H,11,12). The smallest absolute Gasteiger partial charge is 0.267 e. The number of hydrogen-bond acceptors (Lipinski definition) is 3. The van der Waals surface area contributed by atoms with Gasteiger partial charge in [0, 0.05) is 22.9 Å². The quantitative estimate of drug-likeness (QED) is 0.788. The third-order valence-electron chi connectivity index (χ3n) is 1.60. The lowest BCUT2D eigenvalue weighted by molar-refractivity contribution is 0.0938. The van der Waals surface area contributed by atoms with Gasteiger partial charge in [0.25, 0.3) is 15.0 Å². The molecule has 15 heavy (non-hydrogen) atoms. The van der Waals surface area contributed by atoms with E-state index in [1.165, 1.54) is 12.3 Å². The Morgan fingerprint density at radius 1 is 1.53 bits per heavy atom. The van der Waals surface area contributed by atoms with Crippen molar-refractivity contribution in [2.24, 2.45) is 0 Å². The first-order valence-corrected chi connectivity index (χ1v) is 6.55. The molecule has 1 aromatic rings. The topological polar surface area (TPSA) is 79.0 Å².